The van der Waals surface area contributed by atoms with E-state index in [9.17, 15) is 8.78 Å². The second-order valence-electron chi connectivity index (χ2n) is 8.00. The summed E-state index contributed by atoms with van der Waals surface area (Å²) in [5, 5.41) is 7.51. The summed E-state index contributed by atoms with van der Waals surface area (Å²) in [4.78, 5) is 8.93. The number of aryl methyl sites for hydroxylation is 1. The van der Waals surface area contributed by atoms with Crippen molar-refractivity contribution in [3.05, 3.63) is 59.9 Å². The fraction of sp³-hybridized carbons (Fsp3) is 0.364. The first-order valence-corrected chi connectivity index (χ1v) is 10.1. The molecule has 0 atom stereocenters. The average molecular weight is 412 g/mol. The van der Waals surface area contributed by atoms with Crippen LogP contribution in [0.15, 0.2) is 42.7 Å². The molecule has 8 heteroatoms. The normalized spacial score (nSPS) is 15.1. The van der Waals surface area contributed by atoms with Gasteiger partial charge in [-0.05, 0) is 69.8 Å². The molecule has 1 aliphatic heterocycles. The molecule has 6 nitrogen and oxygen atoms in total. The first-order valence-electron chi connectivity index (χ1n) is 10.1. The molecule has 0 saturated carbocycles. The smallest absolute Gasteiger partial charge is 0.246 e. The highest BCUT2D eigenvalue weighted by atomic mass is 19.1. The van der Waals surface area contributed by atoms with Crippen LogP contribution in [0.5, 0.6) is 0 Å². The topological polar surface area (TPSA) is 49.2 Å². The van der Waals surface area contributed by atoms with E-state index in [-0.39, 0.29) is 5.69 Å². The van der Waals surface area contributed by atoms with Gasteiger partial charge in [0.15, 0.2) is 0 Å². The van der Waals surface area contributed by atoms with Crippen molar-refractivity contribution in [2.75, 3.05) is 37.4 Å². The maximum Gasteiger partial charge on any atom is 0.246 e. The van der Waals surface area contributed by atoms with E-state index >= 15 is 0 Å². The fourth-order valence-corrected chi connectivity index (χ4v) is 3.90. The number of rotatable bonds is 5. The molecular weight excluding hydrogens is 386 g/mol. The van der Waals surface area contributed by atoms with Gasteiger partial charge in [-0.3, -0.25) is 0 Å². The van der Waals surface area contributed by atoms with Gasteiger partial charge in [0.2, 0.25) is 5.95 Å². The Morgan fingerprint density at radius 3 is 2.33 bits per heavy atom. The van der Waals surface area contributed by atoms with Crippen LogP contribution in [-0.4, -0.2) is 52.9 Å². The number of anilines is 3. The number of benzene rings is 2. The van der Waals surface area contributed by atoms with Crippen molar-refractivity contribution in [3.63, 3.8) is 0 Å². The van der Waals surface area contributed by atoms with Gasteiger partial charge in [-0.25, -0.2) is 13.5 Å². The van der Waals surface area contributed by atoms with E-state index in [4.69, 9.17) is 0 Å². The highest BCUT2D eigenvalue weighted by molar-refractivity contribution is 5.64. The molecule has 3 aromatic rings. The van der Waals surface area contributed by atoms with Crippen molar-refractivity contribution in [1.82, 2.24) is 19.7 Å². The Morgan fingerprint density at radius 1 is 0.967 bits per heavy atom. The van der Waals surface area contributed by atoms with Crippen LogP contribution in [0.3, 0.4) is 0 Å². The standard InChI is InChI=1S/C22H26F2N6/c1-15-8-18(13-20(9-15)29-6-4-19(5-7-29)28(2)3)26-22-25-14-30(27-22)21-11-16(23)10-17(24)12-21/h8-14,19H,4-7H2,1-3H3,(H,26,27). The Hall–Kier alpha value is -3.00. The summed E-state index contributed by atoms with van der Waals surface area (Å²) in [5.74, 6) is -0.949. The summed E-state index contributed by atoms with van der Waals surface area (Å²) in [6.45, 7) is 4.09. The van der Waals surface area contributed by atoms with Crippen LogP contribution in [0, 0.1) is 18.6 Å². The summed E-state index contributed by atoms with van der Waals surface area (Å²) in [5.41, 5.74) is 3.46. The number of nitrogens with one attached hydrogen (secondary N) is 1. The number of piperidine rings is 1. The maximum atomic E-state index is 13.5. The monoisotopic (exact) mass is 412 g/mol. The van der Waals surface area contributed by atoms with Gasteiger partial charge in [0.25, 0.3) is 0 Å². The van der Waals surface area contributed by atoms with Gasteiger partial charge in [-0.15, -0.1) is 5.10 Å². The Morgan fingerprint density at radius 2 is 1.67 bits per heavy atom. The number of aromatic nitrogens is 3. The van der Waals surface area contributed by atoms with E-state index in [0.29, 0.717) is 12.0 Å². The Labute approximate surface area is 175 Å². The Balaban J connectivity index is 1.50. The molecule has 30 heavy (non-hydrogen) atoms. The lowest BCUT2D eigenvalue weighted by atomic mass is 10.0. The van der Waals surface area contributed by atoms with Gasteiger partial charge in [-0.1, -0.05) is 0 Å². The number of nitrogens with zero attached hydrogens (tertiary/aromatic N) is 5. The minimum atomic E-state index is -0.656. The number of hydrogen-bond donors (Lipinski definition) is 1. The van der Waals surface area contributed by atoms with Gasteiger partial charge in [0.05, 0.1) is 5.69 Å². The molecule has 0 amide bonds. The van der Waals surface area contributed by atoms with Crippen LogP contribution in [0.1, 0.15) is 18.4 Å². The van der Waals surface area contributed by atoms with Crippen molar-refractivity contribution >= 4 is 17.3 Å². The maximum absolute atomic E-state index is 13.5. The zero-order chi connectivity index (χ0) is 21.3. The van der Waals surface area contributed by atoms with Crippen molar-refractivity contribution in [3.8, 4) is 5.69 Å². The van der Waals surface area contributed by atoms with Crippen LogP contribution in [0.25, 0.3) is 5.69 Å². The third-order valence-electron chi connectivity index (χ3n) is 5.48. The molecule has 1 saturated heterocycles. The summed E-state index contributed by atoms with van der Waals surface area (Å²) >= 11 is 0. The summed E-state index contributed by atoms with van der Waals surface area (Å²) in [6.07, 6.45) is 3.71. The highest BCUT2D eigenvalue weighted by Gasteiger charge is 2.21. The molecule has 0 radical (unpaired) electrons. The molecular formula is C22H26F2N6. The van der Waals surface area contributed by atoms with Crippen molar-refractivity contribution in [2.45, 2.75) is 25.8 Å². The summed E-state index contributed by atoms with van der Waals surface area (Å²) < 4.78 is 28.3. The zero-order valence-corrected chi connectivity index (χ0v) is 17.4. The third kappa shape index (κ3) is 4.59. The molecule has 0 aliphatic carbocycles. The van der Waals surface area contributed by atoms with E-state index in [2.05, 4.69) is 58.4 Å². The summed E-state index contributed by atoms with van der Waals surface area (Å²) in [6, 6.07) is 10.2. The first kappa shape index (κ1) is 20.3. The lowest BCUT2D eigenvalue weighted by molar-refractivity contribution is 0.249. The van der Waals surface area contributed by atoms with Crippen molar-refractivity contribution in [1.29, 1.82) is 0 Å². The summed E-state index contributed by atoms with van der Waals surface area (Å²) in [7, 11) is 4.28. The molecule has 0 bridgehead atoms. The lowest BCUT2D eigenvalue weighted by Crippen LogP contribution is -2.42. The van der Waals surface area contributed by atoms with Crippen LogP contribution in [0.4, 0.5) is 26.1 Å². The SMILES string of the molecule is Cc1cc(Nc2ncn(-c3cc(F)cc(F)c3)n2)cc(N2CCC(N(C)C)CC2)c1. The van der Waals surface area contributed by atoms with Gasteiger partial charge >= 0.3 is 0 Å². The van der Waals surface area contributed by atoms with E-state index in [1.807, 2.05) is 6.07 Å². The predicted molar refractivity (Wildman–Crippen MR) is 115 cm³/mol. The second-order valence-corrected chi connectivity index (χ2v) is 8.00. The zero-order valence-electron chi connectivity index (χ0n) is 17.4. The Bertz CT molecular complexity index is 1000. The van der Waals surface area contributed by atoms with Gasteiger partial charge in [-0.2, -0.15) is 4.98 Å². The molecule has 2 heterocycles. The molecule has 0 unspecified atom stereocenters. The minimum absolute atomic E-state index is 0.279. The van der Waals surface area contributed by atoms with Crippen LogP contribution in [-0.2, 0) is 0 Å². The molecule has 0 spiro atoms. The van der Waals surface area contributed by atoms with E-state index < -0.39 is 11.6 Å². The first-order chi connectivity index (χ1) is 14.4. The van der Waals surface area contributed by atoms with Crippen molar-refractivity contribution in [2.24, 2.45) is 0 Å². The van der Waals surface area contributed by atoms with E-state index in [0.717, 1.165) is 43.2 Å². The van der Waals surface area contributed by atoms with Crippen LogP contribution >= 0.6 is 0 Å². The van der Waals surface area contributed by atoms with E-state index in [1.54, 1.807) is 0 Å². The molecule has 1 aliphatic rings. The third-order valence-corrected chi connectivity index (χ3v) is 5.48. The highest BCUT2D eigenvalue weighted by Crippen LogP contribution is 2.27. The molecule has 1 N–H and O–H groups in total. The minimum Gasteiger partial charge on any atom is -0.371 e. The molecule has 158 valence electrons. The quantitative estimate of drug-likeness (QED) is 0.683. The van der Waals surface area contributed by atoms with Crippen LogP contribution < -0.4 is 10.2 Å². The largest absolute Gasteiger partial charge is 0.371 e. The molecule has 1 aromatic heterocycles. The molecule has 2 aromatic carbocycles. The average Bonchev–Trinajstić information content (AvgIpc) is 3.15. The Kier molecular flexibility index (Phi) is 5.67. The van der Waals surface area contributed by atoms with Gasteiger partial charge in [0.1, 0.15) is 18.0 Å². The van der Waals surface area contributed by atoms with E-state index in [1.165, 1.54) is 28.8 Å². The van der Waals surface area contributed by atoms with Gasteiger partial charge < -0.3 is 15.1 Å². The van der Waals surface area contributed by atoms with Gasteiger partial charge in [0, 0.05) is 36.6 Å². The lowest BCUT2D eigenvalue weighted by Gasteiger charge is -2.36. The predicted octanol–water partition coefficient (Wildman–Crippen LogP) is 4.13. The van der Waals surface area contributed by atoms with Crippen molar-refractivity contribution < 1.29 is 8.78 Å². The molecule has 4 rings (SSSR count). The number of halogens is 2. The van der Waals surface area contributed by atoms with Crippen LogP contribution in [0.2, 0.25) is 0 Å². The second kappa shape index (κ2) is 8.39. The fourth-order valence-electron chi connectivity index (χ4n) is 3.90. The number of hydrogen-bond acceptors (Lipinski definition) is 5. The molecule has 1 fully saturated rings.